The number of benzene rings is 2. The highest BCUT2D eigenvalue weighted by molar-refractivity contribution is 14.0. The number of halogens is 1. The van der Waals surface area contributed by atoms with E-state index in [1.165, 1.54) is 5.56 Å². The molecule has 8 heteroatoms. The van der Waals surface area contributed by atoms with E-state index in [9.17, 15) is 8.42 Å². The number of nitrogens with zero attached hydrogens (tertiary/aromatic N) is 1. The normalized spacial score (nSPS) is 12.9. The second-order valence-electron chi connectivity index (χ2n) is 7.27. The minimum atomic E-state index is -3.39. The van der Waals surface area contributed by atoms with Crippen molar-refractivity contribution in [2.45, 2.75) is 52.1 Å². The number of hydrogen-bond donors (Lipinski definition) is 3. The van der Waals surface area contributed by atoms with Gasteiger partial charge in [-0.25, -0.2) is 18.1 Å². The lowest BCUT2D eigenvalue weighted by atomic mass is 10.1. The van der Waals surface area contributed by atoms with Gasteiger partial charge < -0.3 is 10.6 Å². The average Bonchev–Trinajstić information content (AvgIpc) is 2.66. The van der Waals surface area contributed by atoms with Crippen molar-refractivity contribution in [3.05, 3.63) is 71.3 Å². The maximum Gasteiger partial charge on any atom is 0.216 e. The quantitative estimate of drug-likeness (QED) is 0.254. The van der Waals surface area contributed by atoms with Gasteiger partial charge in [0, 0.05) is 12.6 Å². The van der Waals surface area contributed by atoms with Gasteiger partial charge in [0.25, 0.3) is 0 Å². The Bertz CT molecular complexity index is 902. The van der Waals surface area contributed by atoms with Gasteiger partial charge in [-0.3, -0.25) is 0 Å². The minimum absolute atomic E-state index is 0. The van der Waals surface area contributed by atoms with Gasteiger partial charge in [-0.05, 0) is 44.4 Å². The summed E-state index contributed by atoms with van der Waals surface area (Å²) in [5, 5.41) is 6.66. The van der Waals surface area contributed by atoms with Crippen LogP contribution in [0, 0.1) is 0 Å². The fourth-order valence-corrected chi connectivity index (χ4v) is 4.47. The van der Waals surface area contributed by atoms with Crippen molar-refractivity contribution in [2.75, 3.05) is 6.54 Å². The van der Waals surface area contributed by atoms with Crippen LogP contribution in [0.15, 0.2) is 59.6 Å². The highest BCUT2D eigenvalue weighted by atomic mass is 127. The lowest BCUT2D eigenvalue weighted by Gasteiger charge is -2.18. The fourth-order valence-electron chi connectivity index (χ4n) is 2.97. The lowest BCUT2D eigenvalue weighted by Crippen LogP contribution is -2.38. The molecule has 0 aromatic heterocycles. The molecule has 1 unspecified atom stereocenters. The van der Waals surface area contributed by atoms with Gasteiger partial charge in [-0.1, -0.05) is 54.6 Å². The maximum atomic E-state index is 12.3. The van der Waals surface area contributed by atoms with Gasteiger partial charge in [0.05, 0.1) is 18.3 Å². The molecule has 0 radical (unpaired) electrons. The zero-order valence-corrected chi connectivity index (χ0v) is 21.2. The summed E-state index contributed by atoms with van der Waals surface area (Å²) < 4.78 is 27.3. The first-order valence-corrected chi connectivity index (χ1v) is 11.6. The van der Waals surface area contributed by atoms with Gasteiger partial charge >= 0.3 is 0 Å². The molecule has 0 saturated heterocycles. The third-order valence-electron chi connectivity index (χ3n) is 4.28. The van der Waals surface area contributed by atoms with Crippen LogP contribution < -0.4 is 15.4 Å². The molecule has 166 valence electrons. The van der Waals surface area contributed by atoms with E-state index in [4.69, 9.17) is 0 Å². The SMILES string of the molecule is CCNC(=NCc1ccccc1CS(=O)(=O)NC(C)C)NC(C)c1ccccc1.I. The molecule has 2 aromatic rings. The smallest absolute Gasteiger partial charge is 0.216 e. The van der Waals surface area contributed by atoms with Crippen LogP contribution in [0.1, 0.15) is 50.4 Å². The van der Waals surface area contributed by atoms with Crippen LogP contribution in [0.25, 0.3) is 0 Å². The summed E-state index contributed by atoms with van der Waals surface area (Å²) in [7, 11) is -3.39. The molecule has 2 aromatic carbocycles. The monoisotopic (exact) mass is 544 g/mol. The Hall–Kier alpha value is -1.65. The zero-order chi connectivity index (χ0) is 21.3. The van der Waals surface area contributed by atoms with Gasteiger partial charge in [-0.15, -0.1) is 24.0 Å². The summed E-state index contributed by atoms with van der Waals surface area (Å²) in [6.07, 6.45) is 0. The molecule has 0 spiro atoms. The summed E-state index contributed by atoms with van der Waals surface area (Å²) in [5.41, 5.74) is 2.83. The molecule has 0 aliphatic rings. The van der Waals surface area contributed by atoms with Crippen LogP contribution >= 0.6 is 24.0 Å². The lowest BCUT2D eigenvalue weighted by molar-refractivity contribution is 0.569. The van der Waals surface area contributed by atoms with E-state index in [2.05, 4.69) is 39.4 Å². The Balaban J connectivity index is 0.00000450. The Kier molecular flexibility index (Phi) is 11.4. The summed E-state index contributed by atoms with van der Waals surface area (Å²) in [5.74, 6) is 0.642. The molecule has 0 fully saturated rings. The van der Waals surface area contributed by atoms with Crippen molar-refractivity contribution in [2.24, 2.45) is 4.99 Å². The average molecular weight is 545 g/mol. The van der Waals surface area contributed by atoms with Crippen LogP contribution in [0.3, 0.4) is 0 Å². The maximum absolute atomic E-state index is 12.3. The molecule has 2 rings (SSSR count). The van der Waals surface area contributed by atoms with Crippen molar-refractivity contribution < 1.29 is 8.42 Å². The van der Waals surface area contributed by atoms with Crippen LogP contribution in [0.5, 0.6) is 0 Å². The number of hydrogen-bond acceptors (Lipinski definition) is 3. The molecule has 6 nitrogen and oxygen atoms in total. The summed E-state index contributed by atoms with van der Waals surface area (Å²) >= 11 is 0. The molecule has 1 atom stereocenters. The third-order valence-corrected chi connectivity index (χ3v) is 5.81. The standard InChI is InChI=1S/C22H32N4O2S.HI/c1-5-23-22(25-18(4)19-11-7-6-8-12-19)24-15-20-13-9-10-14-21(20)16-29(27,28)26-17(2)3;/h6-14,17-18,26H,5,15-16H2,1-4H3,(H2,23,24,25);1H. The van der Waals surface area contributed by atoms with Crippen LogP contribution in [-0.4, -0.2) is 27.0 Å². The molecule has 0 aliphatic carbocycles. The molecule has 3 N–H and O–H groups in total. The predicted molar refractivity (Wildman–Crippen MR) is 136 cm³/mol. The molecule has 0 bridgehead atoms. The highest BCUT2D eigenvalue weighted by Gasteiger charge is 2.15. The van der Waals surface area contributed by atoms with E-state index in [0.717, 1.165) is 17.7 Å². The first-order valence-electron chi connectivity index (χ1n) is 9.97. The first kappa shape index (κ1) is 26.4. The zero-order valence-electron chi connectivity index (χ0n) is 18.1. The number of aliphatic imine (C=N–C) groups is 1. The molecule has 0 saturated carbocycles. The van der Waals surface area contributed by atoms with E-state index in [0.29, 0.717) is 12.5 Å². The molecular formula is C22H33IN4O2S. The van der Waals surface area contributed by atoms with Crippen LogP contribution in [-0.2, 0) is 22.3 Å². The van der Waals surface area contributed by atoms with Crippen molar-refractivity contribution in [1.29, 1.82) is 0 Å². The van der Waals surface area contributed by atoms with Gasteiger partial charge in [-0.2, -0.15) is 0 Å². The van der Waals surface area contributed by atoms with E-state index in [1.54, 1.807) is 0 Å². The van der Waals surface area contributed by atoms with E-state index >= 15 is 0 Å². The second-order valence-corrected chi connectivity index (χ2v) is 9.03. The van der Waals surface area contributed by atoms with E-state index in [-0.39, 0.29) is 41.8 Å². The summed E-state index contributed by atoms with van der Waals surface area (Å²) in [6.45, 7) is 8.86. The topological polar surface area (TPSA) is 82.6 Å². The number of rotatable bonds is 9. The van der Waals surface area contributed by atoms with Crippen molar-refractivity contribution in [3.63, 3.8) is 0 Å². The Morgan fingerprint density at radius 3 is 2.17 bits per heavy atom. The Morgan fingerprint density at radius 2 is 1.57 bits per heavy atom. The van der Waals surface area contributed by atoms with Crippen molar-refractivity contribution in [1.82, 2.24) is 15.4 Å². The Morgan fingerprint density at radius 1 is 0.967 bits per heavy atom. The first-order chi connectivity index (χ1) is 13.8. The minimum Gasteiger partial charge on any atom is -0.357 e. The summed E-state index contributed by atoms with van der Waals surface area (Å²) in [4.78, 5) is 4.68. The van der Waals surface area contributed by atoms with Crippen molar-refractivity contribution >= 4 is 40.0 Å². The number of sulfonamides is 1. The molecule has 0 aliphatic heterocycles. The third kappa shape index (κ3) is 9.01. The Labute approximate surface area is 198 Å². The number of nitrogens with one attached hydrogen (secondary N) is 3. The molecule has 30 heavy (non-hydrogen) atoms. The second kappa shape index (κ2) is 12.9. The largest absolute Gasteiger partial charge is 0.357 e. The molecule has 0 amide bonds. The fraction of sp³-hybridized carbons (Fsp3) is 0.409. The molecular weight excluding hydrogens is 511 g/mol. The van der Waals surface area contributed by atoms with Crippen molar-refractivity contribution in [3.8, 4) is 0 Å². The van der Waals surface area contributed by atoms with Gasteiger partial charge in [0.2, 0.25) is 10.0 Å². The van der Waals surface area contributed by atoms with Crippen LogP contribution in [0.2, 0.25) is 0 Å². The van der Waals surface area contributed by atoms with Crippen LogP contribution in [0.4, 0.5) is 0 Å². The molecule has 0 heterocycles. The highest BCUT2D eigenvalue weighted by Crippen LogP contribution is 2.15. The van der Waals surface area contributed by atoms with Gasteiger partial charge in [0.15, 0.2) is 5.96 Å². The summed E-state index contributed by atoms with van der Waals surface area (Å²) in [6, 6.07) is 17.7. The van der Waals surface area contributed by atoms with E-state index < -0.39 is 10.0 Å². The predicted octanol–water partition coefficient (Wildman–Crippen LogP) is 3.95. The van der Waals surface area contributed by atoms with Gasteiger partial charge in [0.1, 0.15) is 0 Å². The van der Waals surface area contributed by atoms with E-state index in [1.807, 2.05) is 63.2 Å². The number of guanidine groups is 1.